The number of halogens is 2. The number of nitriles is 1. The third-order valence-corrected chi connectivity index (χ3v) is 8.40. The monoisotopic (exact) mass is 558 g/mol. The van der Waals surface area contributed by atoms with Crippen LogP contribution in [0.1, 0.15) is 43.5 Å². The zero-order valence-corrected chi connectivity index (χ0v) is 22.2. The predicted molar refractivity (Wildman–Crippen MR) is 134 cm³/mol. The van der Waals surface area contributed by atoms with Crippen molar-refractivity contribution in [3.63, 3.8) is 0 Å². The summed E-state index contributed by atoms with van der Waals surface area (Å²) in [5.41, 5.74) is 0.560. The minimum atomic E-state index is -3.92. The maximum atomic E-state index is 13.6. The first-order chi connectivity index (χ1) is 18.6. The summed E-state index contributed by atoms with van der Waals surface area (Å²) >= 11 is 0. The Labute approximate surface area is 222 Å². The second kappa shape index (κ2) is 11.1. The molecule has 39 heavy (non-hydrogen) atoms. The average molecular weight is 559 g/mol. The number of benzene rings is 1. The molecule has 0 N–H and O–H groups in total. The molecule has 4 aromatic rings. The van der Waals surface area contributed by atoms with Gasteiger partial charge in [0.2, 0.25) is 0 Å². The number of nitrogens with zero attached hydrogens (tertiary/aromatic N) is 8. The minimum Gasteiger partial charge on any atom is -0.494 e. The molecule has 3 heterocycles. The Balaban J connectivity index is 1.81. The van der Waals surface area contributed by atoms with Crippen molar-refractivity contribution < 1.29 is 26.7 Å². The highest BCUT2D eigenvalue weighted by atomic mass is 32.2. The van der Waals surface area contributed by atoms with Crippen LogP contribution < -0.4 is 9.47 Å². The topological polar surface area (TPSA) is 151 Å². The van der Waals surface area contributed by atoms with Crippen LogP contribution in [0.4, 0.5) is 8.78 Å². The van der Waals surface area contributed by atoms with Crippen LogP contribution in [0.25, 0.3) is 17.2 Å². The average Bonchev–Trinajstić information content (AvgIpc) is 3.59. The first kappa shape index (κ1) is 27.6. The van der Waals surface area contributed by atoms with Crippen molar-refractivity contribution in [2.24, 2.45) is 0 Å². The number of rotatable bonds is 10. The summed E-state index contributed by atoms with van der Waals surface area (Å²) in [6, 6.07) is 8.17. The molecule has 0 unspecified atom stereocenters. The number of para-hydroxylation sites is 1. The highest BCUT2D eigenvalue weighted by Crippen LogP contribution is 2.37. The molecule has 0 aliphatic rings. The fourth-order valence-electron chi connectivity index (χ4n) is 3.89. The van der Waals surface area contributed by atoms with Gasteiger partial charge in [-0.25, -0.2) is 23.1 Å². The zero-order chi connectivity index (χ0) is 28.3. The molecular formula is C24H24F2N8O4S. The van der Waals surface area contributed by atoms with Gasteiger partial charge >= 0.3 is 6.55 Å². The van der Waals surface area contributed by atoms with E-state index in [1.807, 2.05) is 6.07 Å². The van der Waals surface area contributed by atoms with Crippen LogP contribution in [-0.4, -0.2) is 62.4 Å². The van der Waals surface area contributed by atoms with Crippen LogP contribution >= 0.6 is 0 Å². The maximum Gasteiger partial charge on any atom is 0.333 e. The molecule has 3 aromatic heterocycles. The van der Waals surface area contributed by atoms with Crippen LogP contribution in [-0.2, 0) is 15.6 Å². The van der Waals surface area contributed by atoms with E-state index in [2.05, 4.69) is 25.3 Å². The van der Waals surface area contributed by atoms with E-state index in [0.717, 1.165) is 6.20 Å². The SMILES string of the molecule is COc1cccc(OC)c1-n1c(CS(=O)(=O)[C@@H](C)[C@H](C)c2ncc(C#N)cn2)nnc1-c1ccn(C(F)F)n1. The van der Waals surface area contributed by atoms with E-state index in [0.29, 0.717) is 16.2 Å². The summed E-state index contributed by atoms with van der Waals surface area (Å²) in [4.78, 5) is 8.25. The summed E-state index contributed by atoms with van der Waals surface area (Å²) < 4.78 is 66.5. The molecule has 12 nitrogen and oxygen atoms in total. The van der Waals surface area contributed by atoms with Gasteiger partial charge in [0.05, 0.1) is 25.0 Å². The number of ether oxygens (including phenoxy) is 2. The van der Waals surface area contributed by atoms with Crippen LogP contribution in [0.5, 0.6) is 11.5 Å². The molecule has 4 rings (SSSR count). The first-order valence-corrected chi connectivity index (χ1v) is 13.3. The zero-order valence-electron chi connectivity index (χ0n) is 21.4. The van der Waals surface area contributed by atoms with Crippen molar-refractivity contribution in [2.45, 2.75) is 37.3 Å². The summed E-state index contributed by atoms with van der Waals surface area (Å²) in [6.45, 7) is 0.305. The first-order valence-electron chi connectivity index (χ1n) is 11.5. The van der Waals surface area contributed by atoms with Crippen LogP contribution in [0.2, 0.25) is 0 Å². The molecule has 0 radical (unpaired) electrons. The minimum absolute atomic E-state index is 0.0125. The lowest BCUT2D eigenvalue weighted by atomic mass is 10.1. The van der Waals surface area contributed by atoms with E-state index in [1.165, 1.54) is 44.2 Å². The quantitative estimate of drug-likeness (QED) is 0.283. The summed E-state index contributed by atoms with van der Waals surface area (Å²) in [6.07, 6.45) is 3.73. The summed E-state index contributed by atoms with van der Waals surface area (Å²) in [7, 11) is -1.07. The van der Waals surface area contributed by atoms with Crippen molar-refractivity contribution >= 4 is 9.84 Å². The van der Waals surface area contributed by atoms with Gasteiger partial charge in [0.25, 0.3) is 0 Å². The molecule has 204 valence electrons. The highest BCUT2D eigenvalue weighted by molar-refractivity contribution is 7.91. The number of alkyl halides is 2. The van der Waals surface area contributed by atoms with Gasteiger partial charge in [-0.3, -0.25) is 4.57 Å². The molecule has 0 amide bonds. The van der Waals surface area contributed by atoms with Crippen molar-refractivity contribution in [2.75, 3.05) is 14.2 Å². The third kappa shape index (κ3) is 5.41. The van der Waals surface area contributed by atoms with Gasteiger partial charge in [-0.1, -0.05) is 13.0 Å². The van der Waals surface area contributed by atoms with Crippen molar-refractivity contribution in [3.8, 4) is 34.8 Å². The van der Waals surface area contributed by atoms with Crippen LogP contribution in [0.3, 0.4) is 0 Å². The Kier molecular flexibility index (Phi) is 7.86. The van der Waals surface area contributed by atoms with Crippen molar-refractivity contribution in [3.05, 3.63) is 60.1 Å². The molecule has 0 spiro atoms. The maximum absolute atomic E-state index is 13.6. The molecule has 0 fully saturated rings. The Hall–Kier alpha value is -4.45. The smallest absolute Gasteiger partial charge is 0.333 e. The lowest BCUT2D eigenvalue weighted by Crippen LogP contribution is -2.27. The van der Waals surface area contributed by atoms with E-state index in [9.17, 15) is 17.2 Å². The van der Waals surface area contributed by atoms with Gasteiger partial charge in [0, 0.05) is 24.5 Å². The second-order valence-corrected chi connectivity index (χ2v) is 10.8. The fraction of sp³-hybridized carbons (Fsp3) is 0.333. The normalized spacial score (nSPS) is 13.2. The molecule has 0 aliphatic heterocycles. The van der Waals surface area contributed by atoms with E-state index < -0.39 is 33.3 Å². The molecule has 15 heteroatoms. The van der Waals surface area contributed by atoms with E-state index in [-0.39, 0.29) is 34.4 Å². The van der Waals surface area contributed by atoms with Gasteiger partial charge in [-0.15, -0.1) is 10.2 Å². The largest absolute Gasteiger partial charge is 0.494 e. The van der Waals surface area contributed by atoms with Gasteiger partial charge in [0.1, 0.15) is 40.5 Å². The van der Waals surface area contributed by atoms with E-state index in [4.69, 9.17) is 14.7 Å². The Morgan fingerprint density at radius 1 is 1.05 bits per heavy atom. The highest BCUT2D eigenvalue weighted by Gasteiger charge is 2.33. The number of hydrogen-bond acceptors (Lipinski definition) is 10. The molecular weight excluding hydrogens is 534 g/mol. The molecule has 2 atom stereocenters. The van der Waals surface area contributed by atoms with Crippen LogP contribution in [0.15, 0.2) is 42.9 Å². The van der Waals surface area contributed by atoms with Gasteiger partial charge in [0.15, 0.2) is 21.5 Å². The molecule has 0 saturated carbocycles. The molecule has 0 bridgehead atoms. The molecule has 0 saturated heterocycles. The number of hydrogen-bond donors (Lipinski definition) is 0. The van der Waals surface area contributed by atoms with E-state index in [1.54, 1.807) is 25.1 Å². The van der Waals surface area contributed by atoms with Crippen LogP contribution in [0, 0.1) is 11.3 Å². The molecule has 0 aliphatic carbocycles. The number of sulfone groups is 1. The van der Waals surface area contributed by atoms with Crippen molar-refractivity contribution in [1.82, 2.24) is 34.5 Å². The molecule has 1 aromatic carbocycles. The van der Waals surface area contributed by atoms with Gasteiger partial charge in [-0.2, -0.15) is 19.1 Å². The van der Waals surface area contributed by atoms with Crippen molar-refractivity contribution in [1.29, 1.82) is 5.26 Å². The Bertz CT molecular complexity index is 1590. The van der Waals surface area contributed by atoms with Gasteiger partial charge in [-0.05, 0) is 25.1 Å². The standard InChI is InChI=1S/C24H24F2N8O4S/c1-14(22-28-11-16(10-27)12-29-22)15(2)39(35,36)13-20-30-31-23(17-8-9-33(32-17)24(25)26)34(20)21-18(37-3)6-5-7-19(21)38-4/h5-9,11-12,14-15,24H,13H2,1-4H3/t14-,15-/m0/s1. The Morgan fingerprint density at radius 2 is 1.69 bits per heavy atom. The predicted octanol–water partition coefficient (Wildman–Crippen LogP) is 3.31. The third-order valence-electron chi connectivity index (χ3n) is 6.20. The summed E-state index contributed by atoms with van der Waals surface area (Å²) in [5, 5.41) is 20.1. The van der Waals surface area contributed by atoms with E-state index >= 15 is 0 Å². The van der Waals surface area contributed by atoms with Gasteiger partial charge < -0.3 is 9.47 Å². The second-order valence-electron chi connectivity index (χ2n) is 8.49. The number of aromatic nitrogens is 7. The Morgan fingerprint density at radius 3 is 2.23 bits per heavy atom. The lowest BCUT2D eigenvalue weighted by Gasteiger charge is -2.20. The summed E-state index contributed by atoms with van der Waals surface area (Å²) in [5.74, 6) is -0.335. The lowest BCUT2D eigenvalue weighted by molar-refractivity contribution is 0.0568. The fourth-order valence-corrected chi connectivity index (χ4v) is 5.45. The number of methoxy groups -OCH3 is 2.